The van der Waals surface area contributed by atoms with Gasteiger partial charge in [0.15, 0.2) is 17.5 Å². The zero-order chi connectivity index (χ0) is 21.8. The Bertz CT molecular complexity index is 1100. The van der Waals surface area contributed by atoms with Gasteiger partial charge in [-0.15, -0.1) is 0 Å². The average Bonchev–Trinajstić information content (AvgIpc) is 3.37. The Morgan fingerprint density at radius 2 is 2.00 bits per heavy atom. The van der Waals surface area contributed by atoms with E-state index in [1.165, 1.54) is 22.6 Å². The van der Waals surface area contributed by atoms with Crippen LogP contribution in [0, 0.1) is 6.92 Å². The van der Waals surface area contributed by atoms with Gasteiger partial charge in [-0.1, -0.05) is 18.2 Å². The Labute approximate surface area is 178 Å². The second-order valence-electron chi connectivity index (χ2n) is 7.11. The van der Waals surface area contributed by atoms with E-state index < -0.39 is 6.61 Å². The van der Waals surface area contributed by atoms with E-state index in [0.29, 0.717) is 29.6 Å². The van der Waals surface area contributed by atoms with Gasteiger partial charge in [0.25, 0.3) is 0 Å². The van der Waals surface area contributed by atoms with Crippen molar-refractivity contribution in [1.82, 2.24) is 15.6 Å². The molecule has 0 unspecified atom stereocenters. The molecular weight excluding hydrogens is 406 g/mol. The first-order valence-electron chi connectivity index (χ1n) is 9.92. The van der Waals surface area contributed by atoms with Crippen molar-refractivity contribution in [3.8, 4) is 17.2 Å². The van der Waals surface area contributed by atoms with Crippen molar-refractivity contribution in [1.29, 1.82) is 0 Å². The molecule has 2 aromatic carbocycles. The molecule has 0 aliphatic carbocycles. The third kappa shape index (κ3) is 4.65. The van der Waals surface area contributed by atoms with Crippen molar-refractivity contribution in [3.05, 3.63) is 53.2 Å². The number of nitrogens with one attached hydrogen (secondary N) is 3. The monoisotopic (exact) mass is 430 g/mol. The van der Waals surface area contributed by atoms with E-state index in [4.69, 9.17) is 9.47 Å². The fraction of sp³-hybridized carbons (Fsp3) is 0.318. The van der Waals surface area contributed by atoms with Gasteiger partial charge in [0.2, 0.25) is 6.79 Å². The number of hydrogen-bond acceptors (Lipinski definition) is 4. The molecular formula is C22H24F2N4O3. The molecule has 0 fully saturated rings. The van der Waals surface area contributed by atoms with Crippen LogP contribution in [0.15, 0.2) is 41.5 Å². The van der Waals surface area contributed by atoms with Gasteiger partial charge >= 0.3 is 6.61 Å². The maximum absolute atomic E-state index is 12.8. The van der Waals surface area contributed by atoms with E-state index in [2.05, 4.69) is 44.4 Å². The maximum atomic E-state index is 12.8. The summed E-state index contributed by atoms with van der Waals surface area (Å²) in [5, 5.41) is 7.58. The molecule has 0 saturated carbocycles. The number of hydrogen-bond donors (Lipinski definition) is 3. The number of aliphatic imine (C=N–C) groups is 1. The molecule has 4 rings (SSSR count). The van der Waals surface area contributed by atoms with Gasteiger partial charge in [-0.05, 0) is 30.5 Å². The summed E-state index contributed by atoms with van der Waals surface area (Å²) in [6.45, 7) is 0.0784. The number of fused-ring (bicyclic) bond motifs is 2. The third-order valence-corrected chi connectivity index (χ3v) is 5.14. The van der Waals surface area contributed by atoms with Gasteiger partial charge in [0.1, 0.15) is 5.75 Å². The largest absolute Gasteiger partial charge is 0.454 e. The van der Waals surface area contributed by atoms with Gasteiger partial charge in [-0.25, -0.2) is 0 Å². The van der Waals surface area contributed by atoms with Gasteiger partial charge in [-0.2, -0.15) is 8.78 Å². The quantitative estimate of drug-likeness (QED) is 0.393. The fourth-order valence-corrected chi connectivity index (χ4v) is 3.60. The molecule has 0 bridgehead atoms. The van der Waals surface area contributed by atoms with Crippen LogP contribution in [0.4, 0.5) is 8.78 Å². The molecule has 164 valence electrons. The predicted molar refractivity (Wildman–Crippen MR) is 114 cm³/mol. The number of benzene rings is 2. The van der Waals surface area contributed by atoms with Crippen LogP contribution in [-0.4, -0.2) is 37.9 Å². The summed E-state index contributed by atoms with van der Waals surface area (Å²) in [5.74, 6) is 1.47. The minimum atomic E-state index is -2.93. The maximum Gasteiger partial charge on any atom is 0.387 e. The number of rotatable bonds is 7. The van der Waals surface area contributed by atoms with Gasteiger partial charge < -0.3 is 29.8 Å². The molecule has 0 atom stereocenters. The molecule has 1 aromatic heterocycles. The lowest BCUT2D eigenvalue weighted by molar-refractivity contribution is -0.0505. The number of aromatic amines is 1. The number of para-hydroxylation sites is 1. The van der Waals surface area contributed by atoms with Crippen molar-refractivity contribution in [2.24, 2.45) is 4.99 Å². The highest BCUT2D eigenvalue weighted by Gasteiger charge is 2.20. The van der Waals surface area contributed by atoms with Crippen LogP contribution in [0.3, 0.4) is 0 Å². The van der Waals surface area contributed by atoms with Gasteiger partial charge in [0, 0.05) is 48.9 Å². The Balaban J connectivity index is 1.37. The van der Waals surface area contributed by atoms with E-state index >= 15 is 0 Å². The summed E-state index contributed by atoms with van der Waals surface area (Å²) >= 11 is 0. The zero-order valence-corrected chi connectivity index (χ0v) is 17.3. The Hall–Kier alpha value is -3.49. The molecule has 2 heterocycles. The first-order chi connectivity index (χ1) is 15.0. The first-order valence-corrected chi connectivity index (χ1v) is 9.92. The van der Waals surface area contributed by atoms with Crippen LogP contribution < -0.4 is 24.8 Å². The fourth-order valence-electron chi connectivity index (χ4n) is 3.60. The van der Waals surface area contributed by atoms with Crippen LogP contribution in [0.2, 0.25) is 0 Å². The van der Waals surface area contributed by atoms with Crippen molar-refractivity contribution in [2.75, 3.05) is 20.4 Å². The standard InChI is InChI=1S/C22H24F2N4O3/c1-13-4-3-5-16-14(10-27-20(13)16)6-7-26-22(25-2)28-11-15-8-18-19(30-12-29-18)9-17(15)31-21(23)24/h3-5,8-10,21,27H,6-7,11-12H2,1-2H3,(H2,25,26,28). The van der Waals surface area contributed by atoms with E-state index in [1.807, 2.05) is 12.3 Å². The Morgan fingerprint density at radius 1 is 1.19 bits per heavy atom. The van der Waals surface area contributed by atoms with Crippen LogP contribution in [0.25, 0.3) is 10.9 Å². The molecule has 0 amide bonds. The normalized spacial score (nSPS) is 13.1. The van der Waals surface area contributed by atoms with E-state index in [9.17, 15) is 8.78 Å². The highest BCUT2D eigenvalue weighted by atomic mass is 19.3. The highest BCUT2D eigenvalue weighted by molar-refractivity contribution is 5.86. The van der Waals surface area contributed by atoms with Crippen molar-refractivity contribution >= 4 is 16.9 Å². The summed E-state index contributed by atoms with van der Waals surface area (Å²) in [6.07, 6.45) is 2.82. The number of halogens is 2. The summed E-state index contributed by atoms with van der Waals surface area (Å²) in [4.78, 5) is 7.53. The van der Waals surface area contributed by atoms with E-state index in [-0.39, 0.29) is 19.1 Å². The van der Waals surface area contributed by atoms with E-state index in [1.54, 1.807) is 13.1 Å². The summed E-state index contributed by atoms with van der Waals surface area (Å²) < 4.78 is 40.8. The Kier molecular flexibility index (Phi) is 6.11. The molecule has 0 spiro atoms. The number of nitrogens with zero attached hydrogens (tertiary/aromatic N) is 1. The number of aromatic nitrogens is 1. The van der Waals surface area contributed by atoms with E-state index in [0.717, 1.165) is 11.9 Å². The molecule has 31 heavy (non-hydrogen) atoms. The zero-order valence-electron chi connectivity index (χ0n) is 17.3. The molecule has 7 nitrogen and oxygen atoms in total. The summed E-state index contributed by atoms with van der Waals surface area (Å²) in [5.41, 5.74) is 4.08. The molecule has 3 aromatic rings. The molecule has 0 radical (unpaired) electrons. The molecule has 1 aliphatic rings. The van der Waals surface area contributed by atoms with Crippen molar-refractivity contribution in [3.63, 3.8) is 0 Å². The number of H-pyrrole nitrogens is 1. The smallest absolute Gasteiger partial charge is 0.387 e. The molecule has 9 heteroatoms. The lowest BCUT2D eigenvalue weighted by Gasteiger charge is -2.15. The minimum Gasteiger partial charge on any atom is -0.454 e. The predicted octanol–water partition coefficient (Wildman–Crippen LogP) is 3.71. The van der Waals surface area contributed by atoms with Gasteiger partial charge in [0.05, 0.1) is 0 Å². The minimum absolute atomic E-state index is 0.0383. The number of ether oxygens (including phenoxy) is 3. The third-order valence-electron chi connectivity index (χ3n) is 5.14. The lowest BCUT2D eigenvalue weighted by atomic mass is 10.1. The van der Waals surface area contributed by atoms with Gasteiger partial charge in [-0.3, -0.25) is 4.99 Å². The molecule has 1 aliphatic heterocycles. The lowest BCUT2D eigenvalue weighted by Crippen LogP contribution is -2.37. The second-order valence-corrected chi connectivity index (χ2v) is 7.11. The summed E-state index contributed by atoms with van der Waals surface area (Å²) in [7, 11) is 1.65. The topological polar surface area (TPSA) is 79.9 Å². The highest BCUT2D eigenvalue weighted by Crippen LogP contribution is 2.38. The number of guanidine groups is 1. The second kappa shape index (κ2) is 9.11. The Morgan fingerprint density at radius 3 is 2.77 bits per heavy atom. The van der Waals surface area contributed by atoms with Crippen LogP contribution in [-0.2, 0) is 13.0 Å². The summed E-state index contributed by atoms with van der Waals surface area (Å²) in [6, 6.07) is 9.28. The first kappa shape index (κ1) is 20.8. The molecule has 3 N–H and O–H groups in total. The van der Waals surface area contributed by atoms with Crippen molar-refractivity contribution < 1.29 is 23.0 Å². The van der Waals surface area contributed by atoms with Crippen molar-refractivity contribution in [2.45, 2.75) is 26.5 Å². The average molecular weight is 430 g/mol. The van der Waals surface area contributed by atoms with Crippen LogP contribution in [0.1, 0.15) is 16.7 Å². The molecule has 0 saturated heterocycles. The SMILES string of the molecule is CN=C(NCCc1c[nH]c2c(C)cccc12)NCc1cc2c(cc1OC(F)F)OCO2. The number of aryl methyl sites for hydroxylation is 1. The number of alkyl halides is 2. The van der Waals surface area contributed by atoms with Crippen LogP contribution in [0.5, 0.6) is 17.2 Å². The van der Waals surface area contributed by atoms with Crippen LogP contribution >= 0.6 is 0 Å².